The molecule has 0 radical (unpaired) electrons. The minimum atomic E-state index is -0.0591. The number of furan rings is 1. The largest absolute Gasteiger partial charge is 0.467 e. The number of hydrogen-bond donors (Lipinski definition) is 1. The zero-order chi connectivity index (χ0) is 20.3. The first-order valence-electron chi connectivity index (χ1n) is 9.84. The molecule has 1 fully saturated rings. The molecule has 7 heteroatoms. The zero-order valence-corrected chi connectivity index (χ0v) is 17.1. The Kier molecular flexibility index (Phi) is 5.03. The van der Waals surface area contributed by atoms with Crippen LogP contribution < -0.4 is 5.32 Å². The van der Waals surface area contributed by atoms with Gasteiger partial charge in [0.05, 0.1) is 30.6 Å². The lowest BCUT2D eigenvalue weighted by Gasteiger charge is -2.28. The Morgan fingerprint density at radius 2 is 1.97 bits per heavy atom. The van der Waals surface area contributed by atoms with Crippen molar-refractivity contribution in [3.63, 3.8) is 0 Å². The minimum absolute atomic E-state index is 0.0239. The van der Waals surface area contributed by atoms with Crippen LogP contribution >= 0.6 is 12.2 Å². The molecule has 5 heterocycles. The molecule has 1 aliphatic heterocycles. The van der Waals surface area contributed by atoms with Gasteiger partial charge in [0.2, 0.25) is 0 Å². The molecule has 0 bridgehead atoms. The molecule has 1 N–H and O–H groups in total. The van der Waals surface area contributed by atoms with E-state index < -0.39 is 0 Å². The maximum absolute atomic E-state index is 5.74. The van der Waals surface area contributed by atoms with Crippen molar-refractivity contribution < 1.29 is 4.42 Å². The highest BCUT2D eigenvalue weighted by molar-refractivity contribution is 7.80. The van der Waals surface area contributed by atoms with Crippen molar-refractivity contribution in [1.29, 1.82) is 0 Å². The van der Waals surface area contributed by atoms with Crippen molar-refractivity contribution in [1.82, 2.24) is 24.8 Å². The fourth-order valence-electron chi connectivity index (χ4n) is 4.00. The highest BCUT2D eigenvalue weighted by Crippen LogP contribution is 2.39. The van der Waals surface area contributed by atoms with Gasteiger partial charge in [0.25, 0.3) is 0 Å². The lowest BCUT2D eigenvalue weighted by molar-refractivity contribution is 0.277. The molecule has 0 aliphatic carbocycles. The van der Waals surface area contributed by atoms with E-state index in [1.54, 1.807) is 12.5 Å². The van der Waals surface area contributed by atoms with Crippen LogP contribution in [0.15, 0.2) is 90.1 Å². The minimum Gasteiger partial charge on any atom is -0.467 e. The smallest absolute Gasteiger partial charge is 0.170 e. The molecule has 4 aromatic rings. The number of nitrogens with one attached hydrogen (secondary N) is 1. The average molecular weight is 416 g/mol. The fourth-order valence-corrected chi connectivity index (χ4v) is 4.30. The van der Waals surface area contributed by atoms with Crippen molar-refractivity contribution >= 4 is 17.3 Å². The third kappa shape index (κ3) is 3.59. The van der Waals surface area contributed by atoms with Crippen molar-refractivity contribution in [2.45, 2.75) is 25.2 Å². The SMILES string of the molecule is S=C1N[C@@H](c2ccccn2)[C@@H](c2cccn2Cc2cccnc2)N1Cc1ccco1. The maximum Gasteiger partial charge on any atom is 0.170 e. The van der Waals surface area contributed by atoms with Gasteiger partial charge in [-0.2, -0.15) is 0 Å². The molecule has 0 aromatic carbocycles. The van der Waals surface area contributed by atoms with Crippen LogP contribution in [0.1, 0.15) is 34.8 Å². The summed E-state index contributed by atoms with van der Waals surface area (Å²) in [6, 6.07) is 18.1. The van der Waals surface area contributed by atoms with Gasteiger partial charge in [-0.25, -0.2) is 0 Å². The van der Waals surface area contributed by atoms with Gasteiger partial charge in [0.1, 0.15) is 5.76 Å². The summed E-state index contributed by atoms with van der Waals surface area (Å²) in [5.41, 5.74) is 3.27. The van der Waals surface area contributed by atoms with Gasteiger partial charge < -0.3 is 19.2 Å². The first-order valence-corrected chi connectivity index (χ1v) is 10.2. The van der Waals surface area contributed by atoms with Crippen molar-refractivity contribution in [2.75, 3.05) is 0 Å². The first kappa shape index (κ1) is 18.6. The van der Waals surface area contributed by atoms with Gasteiger partial charge in [0.15, 0.2) is 5.11 Å². The highest BCUT2D eigenvalue weighted by atomic mass is 32.1. The highest BCUT2D eigenvalue weighted by Gasteiger charge is 2.41. The van der Waals surface area contributed by atoms with Crippen LogP contribution in [-0.2, 0) is 13.1 Å². The third-order valence-corrected chi connectivity index (χ3v) is 5.70. The predicted octanol–water partition coefficient (Wildman–Crippen LogP) is 4.09. The van der Waals surface area contributed by atoms with Crippen molar-refractivity contribution in [3.05, 3.63) is 108 Å². The van der Waals surface area contributed by atoms with E-state index in [1.165, 1.54) is 0 Å². The molecular formula is C23H21N5OS. The average Bonchev–Trinajstić information content (AvgIpc) is 3.52. The number of pyridine rings is 2. The third-order valence-electron chi connectivity index (χ3n) is 5.35. The number of thiocarbonyl (C=S) groups is 1. The van der Waals surface area contributed by atoms with E-state index in [1.807, 2.05) is 48.8 Å². The lowest BCUT2D eigenvalue weighted by atomic mass is 10.0. The van der Waals surface area contributed by atoms with Crippen molar-refractivity contribution in [2.24, 2.45) is 0 Å². The fraction of sp³-hybridized carbons (Fsp3) is 0.174. The van der Waals surface area contributed by atoms with Crippen LogP contribution in [0, 0.1) is 0 Å². The van der Waals surface area contributed by atoms with Gasteiger partial charge in [-0.05, 0) is 60.2 Å². The quantitative estimate of drug-likeness (QED) is 0.479. The second kappa shape index (κ2) is 8.12. The summed E-state index contributed by atoms with van der Waals surface area (Å²) in [5, 5.41) is 4.19. The van der Waals surface area contributed by atoms with Crippen LogP contribution in [0.4, 0.5) is 0 Å². The molecule has 0 amide bonds. The second-order valence-corrected chi connectivity index (χ2v) is 7.64. The molecule has 150 valence electrons. The van der Waals surface area contributed by atoms with Crippen LogP contribution in [-0.4, -0.2) is 24.5 Å². The molecule has 0 saturated carbocycles. The molecule has 0 spiro atoms. The van der Waals surface area contributed by atoms with Gasteiger partial charge in [-0.1, -0.05) is 12.1 Å². The van der Waals surface area contributed by atoms with Crippen LogP contribution in [0.5, 0.6) is 0 Å². The number of rotatable bonds is 6. The van der Waals surface area contributed by atoms with Crippen molar-refractivity contribution in [3.8, 4) is 0 Å². The van der Waals surface area contributed by atoms with E-state index in [0.29, 0.717) is 11.7 Å². The van der Waals surface area contributed by atoms with Gasteiger partial charge in [-0.3, -0.25) is 9.97 Å². The lowest BCUT2D eigenvalue weighted by Crippen LogP contribution is -2.30. The van der Waals surface area contributed by atoms with E-state index in [2.05, 4.69) is 49.1 Å². The molecule has 5 rings (SSSR count). The Morgan fingerprint density at radius 3 is 2.73 bits per heavy atom. The van der Waals surface area contributed by atoms with Crippen LogP contribution in [0.3, 0.4) is 0 Å². The summed E-state index contributed by atoms with van der Waals surface area (Å²) in [6.07, 6.45) is 9.31. The summed E-state index contributed by atoms with van der Waals surface area (Å²) in [5.74, 6) is 0.871. The van der Waals surface area contributed by atoms with Crippen LogP contribution in [0.25, 0.3) is 0 Å². The summed E-state index contributed by atoms with van der Waals surface area (Å²) in [6.45, 7) is 1.33. The van der Waals surface area contributed by atoms with E-state index in [0.717, 1.165) is 29.3 Å². The molecule has 1 aliphatic rings. The van der Waals surface area contributed by atoms with Crippen LogP contribution in [0.2, 0.25) is 0 Å². The molecule has 4 aromatic heterocycles. The summed E-state index contributed by atoms with van der Waals surface area (Å²) >= 11 is 5.74. The van der Waals surface area contributed by atoms with Gasteiger partial charge >= 0.3 is 0 Å². The predicted molar refractivity (Wildman–Crippen MR) is 117 cm³/mol. The van der Waals surface area contributed by atoms with E-state index in [9.17, 15) is 0 Å². The summed E-state index contributed by atoms with van der Waals surface area (Å²) in [7, 11) is 0. The molecule has 1 saturated heterocycles. The normalized spacial score (nSPS) is 18.5. The first-order chi connectivity index (χ1) is 14.8. The number of hydrogen-bond acceptors (Lipinski definition) is 4. The Bertz CT molecular complexity index is 1110. The van der Waals surface area contributed by atoms with E-state index in [4.69, 9.17) is 16.6 Å². The van der Waals surface area contributed by atoms with Gasteiger partial charge in [-0.15, -0.1) is 0 Å². The Labute approximate surface area is 180 Å². The molecule has 30 heavy (non-hydrogen) atoms. The Balaban J connectivity index is 1.54. The molecule has 0 unspecified atom stereocenters. The molecule has 6 nitrogen and oxygen atoms in total. The number of nitrogens with zero attached hydrogens (tertiary/aromatic N) is 4. The Morgan fingerprint density at radius 1 is 1.00 bits per heavy atom. The summed E-state index contributed by atoms with van der Waals surface area (Å²) < 4.78 is 7.87. The van der Waals surface area contributed by atoms with Gasteiger partial charge in [0, 0.05) is 37.0 Å². The second-order valence-electron chi connectivity index (χ2n) is 7.26. The summed E-state index contributed by atoms with van der Waals surface area (Å²) in [4.78, 5) is 11.0. The monoisotopic (exact) mass is 415 g/mol. The maximum atomic E-state index is 5.74. The standard InChI is InChI=1S/C23H21N5OS/c30-23-26-21(19-8-1-2-11-25-19)22(28(23)16-18-7-5-13-29-18)20-9-4-12-27(20)15-17-6-3-10-24-14-17/h1-14,21-22H,15-16H2,(H,26,30)/t21-,22+/m0/s1. The van der Waals surface area contributed by atoms with E-state index >= 15 is 0 Å². The topological polar surface area (TPSA) is 59.1 Å². The molecular weight excluding hydrogens is 394 g/mol. The Hall–Kier alpha value is -3.45. The van der Waals surface area contributed by atoms with E-state index in [-0.39, 0.29) is 12.1 Å². The number of aromatic nitrogens is 3. The molecule has 2 atom stereocenters. The zero-order valence-electron chi connectivity index (χ0n) is 16.3.